The summed E-state index contributed by atoms with van der Waals surface area (Å²) >= 11 is 0. The Morgan fingerprint density at radius 1 is 1.14 bits per heavy atom. The van der Waals surface area contributed by atoms with Gasteiger partial charge in [-0.05, 0) is 26.2 Å². The highest BCUT2D eigenvalue weighted by atomic mass is 16.5. The van der Waals surface area contributed by atoms with Gasteiger partial charge >= 0.3 is 0 Å². The molecule has 0 aromatic heterocycles. The normalized spacial score (nSPS) is 27.0. The Hall–Kier alpha value is -1.10. The van der Waals surface area contributed by atoms with E-state index >= 15 is 0 Å². The molecule has 2 saturated carbocycles. The van der Waals surface area contributed by atoms with Gasteiger partial charge in [0.15, 0.2) is 0 Å². The maximum atomic E-state index is 12.0. The number of ether oxygens (including phenoxy) is 1. The quantitative estimate of drug-likeness (QED) is 0.785. The molecule has 2 fully saturated rings. The van der Waals surface area contributed by atoms with Crippen molar-refractivity contribution in [2.24, 2.45) is 5.41 Å². The monoisotopic (exact) mass is 296 g/mol. The van der Waals surface area contributed by atoms with Crippen molar-refractivity contribution < 1.29 is 14.3 Å². The average molecular weight is 296 g/mol. The van der Waals surface area contributed by atoms with Crippen LogP contribution < -0.4 is 10.6 Å². The zero-order valence-corrected chi connectivity index (χ0v) is 13.2. The van der Waals surface area contributed by atoms with Gasteiger partial charge < -0.3 is 15.4 Å². The molecule has 2 rings (SSSR count). The van der Waals surface area contributed by atoms with E-state index in [1.807, 2.05) is 6.92 Å². The van der Waals surface area contributed by atoms with E-state index in [9.17, 15) is 9.59 Å². The molecule has 1 spiro atoms. The van der Waals surface area contributed by atoms with Crippen LogP contribution in [0.25, 0.3) is 0 Å². The van der Waals surface area contributed by atoms with Crippen molar-refractivity contribution in [3.8, 4) is 0 Å². The van der Waals surface area contributed by atoms with Crippen molar-refractivity contribution in [1.82, 2.24) is 10.6 Å². The van der Waals surface area contributed by atoms with Crippen LogP contribution in [0.3, 0.4) is 0 Å². The molecule has 0 aromatic rings. The summed E-state index contributed by atoms with van der Waals surface area (Å²) in [6.07, 6.45) is 7.62. The Labute approximate surface area is 127 Å². The lowest BCUT2D eigenvalue weighted by atomic mass is 9.55. The van der Waals surface area contributed by atoms with Gasteiger partial charge in [0.2, 0.25) is 11.8 Å². The molecule has 2 atom stereocenters. The molecule has 2 aliphatic carbocycles. The fraction of sp³-hybridized carbons (Fsp3) is 0.875. The molecule has 21 heavy (non-hydrogen) atoms. The number of hydrogen-bond acceptors (Lipinski definition) is 3. The zero-order valence-electron chi connectivity index (χ0n) is 13.2. The topological polar surface area (TPSA) is 67.4 Å². The Morgan fingerprint density at radius 3 is 2.48 bits per heavy atom. The van der Waals surface area contributed by atoms with Gasteiger partial charge in [-0.1, -0.05) is 26.2 Å². The van der Waals surface area contributed by atoms with E-state index < -0.39 is 0 Å². The van der Waals surface area contributed by atoms with Crippen LogP contribution in [-0.4, -0.2) is 37.1 Å². The van der Waals surface area contributed by atoms with Gasteiger partial charge in [-0.15, -0.1) is 0 Å². The van der Waals surface area contributed by atoms with Crippen LogP contribution in [0.4, 0.5) is 0 Å². The van der Waals surface area contributed by atoms with Gasteiger partial charge in [0.1, 0.15) is 0 Å². The van der Waals surface area contributed by atoms with Crippen LogP contribution in [0.1, 0.15) is 58.8 Å². The number of carbonyl (C=O) groups excluding carboxylic acids is 2. The van der Waals surface area contributed by atoms with Gasteiger partial charge in [-0.25, -0.2) is 0 Å². The molecule has 5 heteroatoms. The van der Waals surface area contributed by atoms with Crippen molar-refractivity contribution in [2.45, 2.75) is 70.9 Å². The standard InChI is InChI=1S/C16H28N2O3/c1-3-14(19)17-11-15(20)18-12-10-13(21-4-2)16(12)8-6-5-7-9-16/h12-13H,3-11H2,1-2H3,(H,17,19)(H,18,20)/t12-,13+/m0/s1. The number of nitrogens with one attached hydrogen (secondary N) is 2. The lowest BCUT2D eigenvalue weighted by Gasteiger charge is -2.57. The molecule has 0 heterocycles. The fourth-order valence-corrected chi connectivity index (χ4v) is 3.81. The van der Waals surface area contributed by atoms with Crippen LogP contribution in [-0.2, 0) is 14.3 Å². The predicted octanol–water partition coefficient (Wildman–Crippen LogP) is 1.76. The molecular weight excluding hydrogens is 268 g/mol. The third-order valence-corrected chi connectivity index (χ3v) is 5.04. The Balaban J connectivity index is 1.87. The molecule has 0 aromatic carbocycles. The molecule has 5 nitrogen and oxygen atoms in total. The SMILES string of the molecule is CCO[C@@H]1C[C@H](NC(=O)CNC(=O)CC)C12CCCCC2. The molecular formula is C16H28N2O3. The summed E-state index contributed by atoms with van der Waals surface area (Å²) < 4.78 is 5.88. The minimum atomic E-state index is -0.0849. The van der Waals surface area contributed by atoms with Crippen LogP contribution >= 0.6 is 0 Å². The van der Waals surface area contributed by atoms with Crippen molar-refractivity contribution in [3.05, 3.63) is 0 Å². The highest BCUT2D eigenvalue weighted by Crippen LogP contribution is 2.53. The lowest BCUT2D eigenvalue weighted by molar-refractivity contribution is -0.156. The van der Waals surface area contributed by atoms with Crippen molar-refractivity contribution in [3.63, 3.8) is 0 Å². The number of rotatable bonds is 6. The highest BCUT2D eigenvalue weighted by molar-refractivity contribution is 5.84. The first-order valence-corrected chi connectivity index (χ1v) is 8.30. The smallest absolute Gasteiger partial charge is 0.239 e. The van der Waals surface area contributed by atoms with E-state index in [4.69, 9.17) is 4.74 Å². The Bertz CT molecular complexity index is 378. The third kappa shape index (κ3) is 3.57. The number of carbonyl (C=O) groups is 2. The maximum Gasteiger partial charge on any atom is 0.239 e. The predicted molar refractivity (Wildman–Crippen MR) is 80.8 cm³/mol. The van der Waals surface area contributed by atoms with Crippen LogP contribution in [0.5, 0.6) is 0 Å². The maximum absolute atomic E-state index is 12.0. The Morgan fingerprint density at radius 2 is 1.86 bits per heavy atom. The van der Waals surface area contributed by atoms with E-state index in [2.05, 4.69) is 10.6 Å². The molecule has 0 radical (unpaired) electrons. The number of amides is 2. The summed E-state index contributed by atoms with van der Waals surface area (Å²) in [5.74, 6) is -0.167. The van der Waals surface area contributed by atoms with Crippen molar-refractivity contribution in [1.29, 1.82) is 0 Å². The first-order valence-electron chi connectivity index (χ1n) is 8.30. The van der Waals surface area contributed by atoms with E-state index in [1.54, 1.807) is 6.92 Å². The molecule has 0 bridgehead atoms. The van der Waals surface area contributed by atoms with E-state index in [0.29, 0.717) is 12.5 Å². The lowest BCUT2D eigenvalue weighted by Crippen LogP contribution is -2.66. The van der Waals surface area contributed by atoms with E-state index in [0.717, 1.165) is 25.9 Å². The summed E-state index contributed by atoms with van der Waals surface area (Å²) in [4.78, 5) is 23.2. The third-order valence-electron chi connectivity index (χ3n) is 5.04. The van der Waals surface area contributed by atoms with Crippen LogP contribution in [0, 0.1) is 5.41 Å². The van der Waals surface area contributed by atoms with Crippen LogP contribution in [0.2, 0.25) is 0 Å². The molecule has 2 amide bonds. The number of hydrogen-bond donors (Lipinski definition) is 2. The van der Waals surface area contributed by atoms with Gasteiger partial charge in [0, 0.05) is 24.5 Å². The second-order valence-electron chi connectivity index (χ2n) is 6.22. The molecule has 2 N–H and O–H groups in total. The second-order valence-corrected chi connectivity index (χ2v) is 6.22. The van der Waals surface area contributed by atoms with Gasteiger partial charge in [0.05, 0.1) is 12.6 Å². The van der Waals surface area contributed by atoms with Gasteiger partial charge in [0.25, 0.3) is 0 Å². The first-order chi connectivity index (χ1) is 10.1. The van der Waals surface area contributed by atoms with Crippen molar-refractivity contribution >= 4 is 11.8 Å². The summed E-state index contributed by atoms with van der Waals surface area (Å²) in [6.45, 7) is 4.63. The molecule has 0 saturated heterocycles. The van der Waals surface area contributed by atoms with E-state index in [-0.39, 0.29) is 29.8 Å². The average Bonchev–Trinajstić information content (AvgIpc) is 2.52. The highest BCUT2D eigenvalue weighted by Gasteiger charge is 2.55. The minimum Gasteiger partial charge on any atom is -0.378 e. The summed E-state index contributed by atoms with van der Waals surface area (Å²) in [7, 11) is 0. The minimum absolute atomic E-state index is 0.0818. The molecule has 2 aliphatic rings. The molecule has 0 aliphatic heterocycles. The summed E-state index contributed by atoms with van der Waals surface area (Å²) in [5.41, 5.74) is 0.138. The second kappa shape index (κ2) is 7.25. The zero-order chi connectivity index (χ0) is 15.3. The first kappa shape index (κ1) is 16.3. The van der Waals surface area contributed by atoms with Gasteiger partial charge in [-0.2, -0.15) is 0 Å². The molecule has 120 valence electrons. The van der Waals surface area contributed by atoms with Crippen LogP contribution in [0.15, 0.2) is 0 Å². The fourth-order valence-electron chi connectivity index (χ4n) is 3.81. The largest absolute Gasteiger partial charge is 0.378 e. The summed E-state index contributed by atoms with van der Waals surface area (Å²) in [6, 6.07) is 0.209. The van der Waals surface area contributed by atoms with Crippen molar-refractivity contribution in [2.75, 3.05) is 13.2 Å². The van der Waals surface area contributed by atoms with Gasteiger partial charge in [-0.3, -0.25) is 9.59 Å². The Kier molecular flexibility index (Phi) is 5.62. The van der Waals surface area contributed by atoms with E-state index in [1.165, 1.54) is 19.3 Å². The molecule has 0 unspecified atom stereocenters. The summed E-state index contributed by atoms with van der Waals surface area (Å²) in [5, 5.41) is 5.74.